The molecule has 1 saturated heterocycles. The lowest BCUT2D eigenvalue weighted by Gasteiger charge is -2.25. The first-order valence-electron chi connectivity index (χ1n) is 11.0. The molecule has 8 heteroatoms. The summed E-state index contributed by atoms with van der Waals surface area (Å²) in [6.07, 6.45) is 0.864. The molecule has 0 aliphatic carbocycles. The molecular weight excluding hydrogens is 489 g/mol. The standard InChI is InChI=1S/C27H23Cl2NO5/c1-3-14-35-20-9-4-16(5-10-20)24-23(25(31)17-6-13-21(28)22(29)15-17)26(32)27(33)30(24)18-7-11-19(34-2)12-8-18/h4-13,15,24,31H,3,14H2,1-2H3/b25-23-. The number of methoxy groups -OCH3 is 1. The summed E-state index contributed by atoms with van der Waals surface area (Å²) in [5.74, 6) is -0.625. The molecule has 1 amide bonds. The average Bonchev–Trinajstić information content (AvgIpc) is 3.14. The number of aliphatic hydroxyl groups is 1. The van der Waals surface area contributed by atoms with Crippen molar-refractivity contribution in [3.63, 3.8) is 0 Å². The van der Waals surface area contributed by atoms with E-state index in [9.17, 15) is 14.7 Å². The Morgan fingerprint density at radius 1 is 0.943 bits per heavy atom. The minimum Gasteiger partial charge on any atom is -0.507 e. The lowest BCUT2D eigenvalue weighted by molar-refractivity contribution is -0.132. The van der Waals surface area contributed by atoms with Gasteiger partial charge in [0.25, 0.3) is 11.7 Å². The van der Waals surface area contributed by atoms with E-state index in [1.807, 2.05) is 6.92 Å². The van der Waals surface area contributed by atoms with Gasteiger partial charge in [-0.25, -0.2) is 0 Å². The van der Waals surface area contributed by atoms with Crippen LogP contribution in [0.1, 0.15) is 30.5 Å². The number of hydrogen-bond donors (Lipinski definition) is 1. The van der Waals surface area contributed by atoms with E-state index in [4.69, 9.17) is 32.7 Å². The minimum atomic E-state index is -0.877. The van der Waals surface area contributed by atoms with Gasteiger partial charge in [-0.1, -0.05) is 42.3 Å². The third-order valence-corrected chi connectivity index (χ3v) is 6.40. The van der Waals surface area contributed by atoms with Crippen LogP contribution in [0.4, 0.5) is 5.69 Å². The van der Waals surface area contributed by atoms with E-state index >= 15 is 0 Å². The number of rotatable bonds is 7. The van der Waals surface area contributed by atoms with Gasteiger partial charge in [-0.15, -0.1) is 0 Å². The first-order chi connectivity index (χ1) is 16.8. The van der Waals surface area contributed by atoms with Crippen LogP contribution in [0.5, 0.6) is 11.5 Å². The van der Waals surface area contributed by atoms with Crippen molar-refractivity contribution in [3.8, 4) is 11.5 Å². The van der Waals surface area contributed by atoms with Crippen molar-refractivity contribution in [1.29, 1.82) is 0 Å². The normalized spacial score (nSPS) is 17.0. The van der Waals surface area contributed by atoms with Crippen molar-refractivity contribution >= 4 is 46.3 Å². The molecule has 4 rings (SSSR count). The maximum absolute atomic E-state index is 13.3. The Hall–Kier alpha value is -3.48. The van der Waals surface area contributed by atoms with Crippen molar-refractivity contribution < 1.29 is 24.2 Å². The van der Waals surface area contributed by atoms with E-state index in [-0.39, 0.29) is 21.9 Å². The minimum absolute atomic E-state index is 0.0496. The van der Waals surface area contributed by atoms with Crippen LogP contribution >= 0.6 is 23.2 Å². The van der Waals surface area contributed by atoms with Crippen LogP contribution in [0, 0.1) is 0 Å². The molecule has 180 valence electrons. The summed E-state index contributed by atoms with van der Waals surface area (Å²) in [4.78, 5) is 27.9. The summed E-state index contributed by atoms with van der Waals surface area (Å²) in [6.45, 7) is 2.58. The Balaban J connectivity index is 1.87. The largest absolute Gasteiger partial charge is 0.507 e. The van der Waals surface area contributed by atoms with Crippen LogP contribution in [0.25, 0.3) is 5.76 Å². The second-order valence-corrected chi connectivity index (χ2v) is 8.73. The molecule has 3 aromatic rings. The second kappa shape index (κ2) is 10.4. The molecule has 1 atom stereocenters. The Labute approximate surface area is 213 Å². The fraction of sp³-hybridized carbons (Fsp3) is 0.185. The van der Waals surface area contributed by atoms with Crippen LogP contribution in [0.3, 0.4) is 0 Å². The Morgan fingerprint density at radius 3 is 2.20 bits per heavy atom. The molecule has 35 heavy (non-hydrogen) atoms. The molecule has 0 aromatic heterocycles. The predicted molar refractivity (Wildman–Crippen MR) is 136 cm³/mol. The second-order valence-electron chi connectivity index (χ2n) is 7.91. The molecule has 0 saturated carbocycles. The number of carbonyl (C=O) groups is 2. The van der Waals surface area contributed by atoms with E-state index < -0.39 is 17.7 Å². The van der Waals surface area contributed by atoms with Gasteiger partial charge in [-0.3, -0.25) is 14.5 Å². The van der Waals surface area contributed by atoms with Crippen LogP contribution in [0.2, 0.25) is 10.0 Å². The number of ketones is 1. The van der Waals surface area contributed by atoms with Gasteiger partial charge in [-0.05, 0) is 66.6 Å². The average molecular weight is 512 g/mol. The molecule has 1 heterocycles. The zero-order chi connectivity index (χ0) is 25.1. The van der Waals surface area contributed by atoms with Gasteiger partial charge in [0.2, 0.25) is 0 Å². The van der Waals surface area contributed by atoms with Gasteiger partial charge in [0.1, 0.15) is 17.3 Å². The summed E-state index contributed by atoms with van der Waals surface area (Å²) in [7, 11) is 1.54. The highest BCUT2D eigenvalue weighted by molar-refractivity contribution is 6.51. The van der Waals surface area contributed by atoms with Crippen molar-refractivity contribution in [2.24, 2.45) is 0 Å². The molecule has 1 N–H and O–H groups in total. The van der Waals surface area contributed by atoms with E-state index in [1.54, 1.807) is 61.7 Å². The van der Waals surface area contributed by atoms with Crippen LogP contribution in [-0.4, -0.2) is 30.5 Å². The number of Topliss-reactive ketones (excluding diaryl/α,β-unsaturated/α-hetero) is 1. The molecule has 1 aliphatic rings. The van der Waals surface area contributed by atoms with Crippen molar-refractivity contribution in [2.75, 3.05) is 18.6 Å². The monoisotopic (exact) mass is 511 g/mol. The summed E-state index contributed by atoms with van der Waals surface area (Å²) in [6, 6.07) is 17.5. The summed E-state index contributed by atoms with van der Waals surface area (Å²) < 4.78 is 10.9. The highest BCUT2D eigenvalue weighted by Crippen LogP contribution is 2.43. The first kappa shape index (κ1) is 24.6. The zero-order valence-electron chi connectivity index (χ0n) is 19.1. The predicted octanol–water partition coefficient (Wildman–Crippen LogP) is 6.42. The van der Waals surface area contributed by atoms with Gasteiger partial charge in [0, 0.05) is 11.3 Å². The zero-order valence-corrected chi connectivity index (χ0v) is 20.6. The quantitative estimate of drug-likeness (QED) is 0.225. The van der Waals surface area contributed by atoms with Crippen molar-refractivity contribution in [3.05, 3.63) is 93.5 Å². The molecule has 0 radical (unpaired) electrons. The Bertz CT molecular complexity index is 1290. The van der Waals surface area contributed by atoms with E-state index in [2.05, 4.69) is 0 Å². The molecule has 0 bridgehead atoms. The lowest BCUT2D eigenvalue weighted by Crippen LogP contribution is -2.29. The van der Waals surface area contributed by atoms with Gasteiger partial charge in [-0.2, -0.15) is 0 Å². The van der Waals surface area contributed by atoms with Crippen LogP contribution in [-0.2, 0) is 9.59 Å². The smallest absolute Gasteiger partial charge is 0.300 e. The van der Waals surface area contributed by atoms with Crippen LogP contribution in [0.15, 0.2) is 72.3 Å². The molecule has 0 spiro atoms. The number of nitrogens with zero attached hydrogens (tertiary/aromatic N) is 1. The number of aliphatic hydroxyl groups excluding tert-OH is 1. The number of benzene rings is 3. The number of ether oxygens (including phenoxy) is 2. The van der Waals surface area contributed by atoms with Crippen molar-refractivity contribution in [2.45, 2.75) is 19.4 Å². The number of halogens is 2. The number of carbonyl (C=O) groups excluding carboxylic acids is 2. The third kappa shape index (κ3) is 4.85. The molecule has 1 unspecified atom stereocenters. The number of hydrogen-bond acceptors (Lipinski definition) is 5. The van der Waals surface area contributed by atoms with Crippen LogP contribution < -0.4 is 14.4 Å². The molecule has 1 fully saturated rings. The topological polar surface area (TPSA) is 76.1 Å². The van der Waals surface area contributed by atoms with Crippen molar-refractivity contribution in [1.82, 2.24) is 0 Å². The van der Waals surface area contributed by atoms with Gasteiger partial charge >= 0.3 is 0 Å². The SMILES string of the molecule is CCCOc1ccc(C2/C(=C(/O)c3ccc(Cl)c(Cl)c3)C(=O)C(=O)N2c2ccc(OC)cc2)cc1. The van der Waals surface area contributed by atoms with Gasteiger partial charge in [0.15, 0.2) is 0 Å². The third-order valence-electron chi connectivity index (χ3n) is 5.66. The summed E-state index contributed by atoms with van der Waals surface area (Å²) in [5, 5.41) is 11.7. The maximum Gasteiger partial charge on any atom is 0.300 e. The molecule has 3 aromatic carbocycles. The maximum atomic E-state index is 13.3. The fourth-order valence-electron chi connectivity index (χ4n) is 3.92. The van der Waals surface area contributed by atoms with Gasteiger partial charge < -0.3 is 14.6 Å². The molecule has 6 nitrogen and oxygen atoms in total. The molecular formula is C27H23Cl2NO5. The summed E-state index contributed by atoms with van der Waals surface area (Å²) in [5.41, 5.74) is 1.34. The lowest BCUT2D eigenvalue weighted by atomic mass is 9.95. The van der Waals surface area contributed by atoms with E-state index in [0.29, 0.717) is 34.4 Å². The first-order valence-corrected chi connectivity index (χ1v) is 11.7. The number of anilines is 1. The van der Waals surface area contributed by atoms with E-state index in [1.165, 1.54) is 17.0 Å². The van der Waals surface area contributed by atoms with Gasteiger partial charge in [0.05, 0.1) is 35.4 Å². The number of amides is 1. The fourth-order valence-corrected chi connectivity index (χ4v) is 4.22. The Kier molecular flexibility index (Phi) is 7.34. The Morgan fingerprint density at radius 2 is 1.60 bits per heavy atom. The summed E-state index contributed by atoms with van der Waals surface area (Å²) >= 11 is 12.2. The molecule has 1 aliphatic heterocycles. The highest BCUT2D eigenvalue weighted by Gasteiger charge is 2.47. The highest BCUT2D eigenvalue weighted by atomic mass is 35.5. The van der Waals surface area contributed by atoms with E-state index in [0.717, 1.165) is 6.42 Å².